The zero-order valence-electron chi connectivity index (χ0n) is 7.84. The zero-order chi connectivity index (χ0) is 10.4. The van der Waals surface area contributed by atoms with Gasteiger partial charge in [0.2, 0.25) is 6.29 Å². The molecule has 1 aromatic carbocycles. The van der Waals surface area contributed by atoms with Gasteiger partial charge in [0, 0.05) is 6.92 Å². The Balaban J connectivity index is 2.34. The van der Waals surface area contributed by atoms with E-state index in [-0.39, 0.29) is 6.61 Å². The van der Waals surface area contributed by atoms with Crippen molar-refractivity contribution in [2.75, 3.05) is 6.61 Å². The highest BCUT2D eigenvalue weighted by atomic mass is 16.6. The fraction of sp³-hybridized carbons (Fsp3) is 0.300. The lowest BCUT2D eigenvalue weighted by Gasteiger charge is -2.12. The van der Waals surface area contributed by atoms with E-state index in [1.54, 1.807) is 24.3 Å². The van der Waals surface area contributed by atoms with Crippen LogP contribution >= 0.6 is 0 Å². The van der Waals surface area contributed by atoms with E-state index in [4.69, 9.17) is 4.74 Å². The van der Waals surface area contributed by atoms with Gasteiger partial charge in [-0.1, -0.05) is 18.2 Å². The molecule has 0 spiro atoms. The SMILES string of the molecule is CC(=O)OCC(O)Oc1ccccc1. The second kappa shape index (κ2) is 5.24. The molecule has 1 N–H and O–H groups in total. The molecule has 1 atom stereocenters. The van der Waals surface area contributed by atoms with Crippen molar-refractivity contribution >= 4 is 5.97 Å². The molecule has 0 heterocycles. The van der Waals surface area contributed by atoms with Gasteiger partial charge in [0.05, 0.1) is 0 Å². The molecule has 0 fully saturated rings. The number of hydrogen-bond acceptors (Lipinski definition) is 4. The molecule has 1 rings (SSSR count). The Hall–Kier alpha value is -1.55. The summed E-state index contributed by atoms with van der Waals surface area (Å²) in [7, 11) is 0. The maximum atomic E-state index is 10.4. The number of aliphatic hydroxyl groups excluding tert-OH is 1. The predicted octanol–water partition coefficient (Wildman–Crippen LogP) is 0.947. The van der Waals surface area contributed by atoms with Crippen LogP contribution in [0.4, 0.5) is 0 Å². The molecule has 0 aliphatic heterocycles. The molecule has 0 saturated heterocycles. The summed E-state index contributed by atoms with van der Waals surface area (Å²) in [5.74, 6) is 0.0906. The van der Waals surface area contributed by atoms with Gasteiger partial charge < -0.3 is 14.6 Å². The predicted molar refractivity (Wildman–Crippen MR) is 49.7 cm³/mol. The van der Waals surface area contributed by atoms with Crippen molar-refractivity contribution in [1.29, 1.82) is 0 Å². The van der Waals surface area contributed by atoms with E-state index in [0.717, 1.165) is 0 Å². The molecule has 0 amide bonds. The highest BCUT2D eigenvalue weighted by Gasteiger charge is 2.06. The minimum Gasteiger partial charge on any atom is -0.461 e. The van der Waals surface area contributed by atoms with Crippen molar-refractivity contribution in [1.82, 2.24) is 0 Å². The number of rotatable bonds is 4. The topological polar surface area (TPSA) is 55.8 Å². The van der Waals surface area contributed by atoms with Gasteiger partial charge in [0.15, 0.2) is 6.61 Å². The molecule has 0 aliphatic rings. The van der Waals surface area contributed by atoms with Crippen molar-refractivity contribution in [2.45, 2.75) is 13.2 Å². The molecule has 0 radical (unpaired) electrons. The Bertz CT molecular complexity index is 283. The number of esters is 1. The van der Waals surface area contributed by atoms with Crippen LogP contribution < -0.4 is 4.74 Å². The summed E-state index contributed by atoms with van der Waals surface area (Å²) in [6.45, 7) is 1.11. The minimum absolute atomic E-state index is 0.162. The maximum Gasteiger partial charge on any atom is 0.302 e. The van der Waals surface area contributed by atoms with Gasteiger partial charge in [-0.05, 0) is 12.1 Å². The van der Waals surface area contributed by atoms with E-state index < -0.39 is 12.3 Å². The van der Waals surface area contributed by atoms with Gasteiger partial charge in [0.25, 0.3) is 0 Å². The van der Waals surface area contributed by atoms with E-state index in [9.17, 15) is 9.90 Å². The Morgan fingerprint density at radius 1 is 1.43 bits per heavy atom. The monoisotopic (exact) mass is 196 g/mol. The van der Waals surface area contributed by atoms with Crippen LogP contribution in [-0.4, -0.2) is 24.0 Å². The Kier molecular flexibility index (Phi) is 3.94. The number of benzene rings is 1. The molecule has 14 heavy (non-hydrogen) atoms. The summed E-state index contributed by atoms with van der Waals surface area (Å²) >= 11 is 0. The number of hydrogen-bond donors (Lipinski definition) is 1. The van der Waals surface area contributed by atoms with Gasteiger partial charge in [-0.3, -0.25) is 4.79 Å². The van der Waals surface area contributed by atoms with E-state index in [1.165, 1.54) is 6.92 Å². The molecule has 0 saturated carbocycles. The summed E-state index contributed by atoms with van der Waals surface area (Å²) < 4.78 is 9.60. The molecule has 4 nitrogen and oxygen atoms in total. The number of carbonyl (C=O) groups excluding carboxylic acids is 1. The quantitative estimate of drug-likeness (QED) is 0.575. The Morgan fingerprint density at radius 3 is 2.64 bits per heavy atom. The maximum absolute atomic E-state index is 10.4. The smallest absolute Gasteiger partial charge is 0.302 e. The molecular weight excluding hydrogens is 184 g/mol. The van der Waals surface area contributed by atoms with Crippen LogP contribution in [0.2, 0.25) is 0 Å². The van der Waals surface area contributed by atoms with E-state index >= 15 is 0 Å². The molecule has 4 heteroatoms. The molecule has 76 valence electrons. The Labute approximate surface area is 82.1 Å². The van der Waals surface area contributed by atoms with Gasteiger partial charge in [0.1, 0.15) is 5.75 Å². The Morgan fingerprint density at radius 2 is 2.07 bits per heavy atom. The van der Waals surface area contributed by atoms with Crippen LogP contribution in [0.25, 0.3) is 0 Å². The summed E-state index contributed by atoms with van der Waals surface area (Å²) in [5.41, 5.74) is 0. The van der Waals surface area contributed by atoms with Crippen molar-refractivity contribution in [3.8, 4) is 5.75 Å². The van der Waals surface area contributed by atoms with Crippen molar-refractivity contribution in [3.63, 3.8) is 0 Å². The molecule has 1 unspecified atom stereocenters. The third-order valence-corrected chi connectivity index (χ3v) is 1.44. The van der Waals surface area contributed by atoms with Crippen molar-refractivity contribution in [2.24, 2.45) is 0 Å². The number of para-hydroxylation sites is 1. The number of aliphatic hydroxyl groups is 1. The van der Waals surface area contributed by atoms with Crippen LogP contribution in [0.5, 0.6) is 5.75 Å². The highest BCUT2D eigenvalue weighted by molar-refractivity contribution is 5.65. The average Bonchev–Trinajstić information content (AvgIpc) is 2.16. The lowest BCUT2D eigenvalue weighted by Crippen LogP contribution is -2.23. The third-order valence-electron chi connectivity index (χ3n) is 1.44. The second-order valence-corrected chi connectivity index (χ2v) is 2.69. The van der Waals surface area contributed by atoms with Crippen LogP contribution in [0.3, 0.4) is 0 Å². The van der Waals surface area contributed by atoms with E-state index in [0.29, 0.717) is 5.75 Å². The fourth-order valence-corrected chi connectivity index (χ4v) is 0.879. The first-order valence-corrected chi connectivity index (χ1v) is 4.21. The molecule has 0 aliphatic carbocycles. The first-order chi connectivity index (χ1) is 6.68. The van der Waals surface area contributed by atoms with Gasteiger partial charge in [-0.25, -0.2) is 0 Å². The molecule has 0 bridgehead atoms. The van der Waals surface area contributed by atoms with Crippen LogP contribution in [0.1, 0.15) is 6.92 Å². The molecule has 0 aromatic heterocycles. The van der Waals surface area contributed by atoms with Gasteiger partial charge >= 0.3 is 5.97 Å². The van der Waals surface area contributed by atoms with E-state index in [1.807, 2.05) is 6.07 Å². The molecule has 1 aromatic rings. The second-order valence-electron chi connectivity index (χ2n) is 2.69. The normalized spacial score (nSPS) is 11.9. The lowest BCUT2D eigenvalue weighted by atomic mass is 10.3. The van der Waals surface area contributed by atoms with Crippen molar-refractivity contribution in [3.05, 3.63) is 30.3 Å². The average molecular weight is 196 g/mol. The fourth-order valence-electron chi connectivity index (χ4n) is 0.879. The number of carbonyl (C=O) groups is 1. The van der Waals surface area contributed by atoms with Crippen LogP contribution in [-0.2, 0) is 9.53 Å². The van der Waals surface area contributed by atoms with Crippen LogP contribution in [0.15, 0.2) is 30.3 Å². The van der Waals surface area contributed by atoms with Gasteiger partial charge in [-0.2, -0.15) is 0 Å². The summed E-state index contributed by atoms with van der Waals surface area (Å²) in [6, 6.07) is 8.82. The summed E-state index contributed by atoms with van der Waals surface area (Å²) in [5, 5.41) is 9.25. The third kappa shape index (κ3) is 3.91. The highest BCUT2D eigenvalue weighted by Crippen LogP contribution is 2.09. The van der Waals surface area contributed by atoms with E-state index in [2.05, 4.69) is 4.74 Å². The first-order valence-electron chi connectivity index (χ1n) is 4.21. The molecular formula is C10H12O4. The van der Waals surface area contributed by atoms with Gasteiger partial charge in [-0.15, -0.1) is 0 Å². The standard InChI is InChI=1S/C10H12O4/c1-8(11)13-7-10(12)14-9-5-3-2-4-6-9/h2-6,10,12H,7H2,1H3. The van der Waals surface area contributed by atoms with Crippen LogP contribution in [0, 0.1) is 0 Å². The minimum atomic E-state index is -1.12. The van der Waals surface area contributed by atoms with Crippen molar-refractivity contribution < 1.29 is 19.4 Å². The first kappa shape index (κ1) is 10.5. The zero-order valence-corrected chi connectivity index (χ0v) is 7.84. The summed E-state index contributed by atoms with van der Waals surface area (Å²) in [6.07, 6.45) is -1.12. The summed E-state index contributed by atoms with van der Waals surface area (Å²) in [4.78, 5) is 10.4. The lowest BCUT2D eigenvalue weighted by molar-refractivity contribution is -0.151. The largest absolute Gasteiger partial charge is 0.461 e. The number of ether oxygens (including phenoxy) is 2.